The van der Waals surface area contributed by atoms with Gasteiger partial charge in [-0.3, -0.25) is 4.79 Å². The van der Waals surface area contributed by atoms with Gasteiger partial charge in [-0.2, -0.15) is 0 Å². The van der Waals surface area contributed by atoms with Gasteiger partial charge in [-0.05, 0) is 43.2 Å². The summed E-state index contributed by atoms with van der Waals surface area (Å²) in [7, 11) is 0. The van der Waals surface area contributed by atoms with Crippen LogP contribution in [-0.2, 0) is 6.42 Å². The average molecular weight is 290 g/mol. The number of rotatable bonds is 1. The van der Waals surface area contributed by atoms with Gasteiger partial charge in [-0.25, -0.2) is 4.39 Å². The summed E-state index contributed by atoms with van der Waals surface area (Å²) < 4.78 is 13.9. The van der Waals surface area contributed by atoms with E-state index in [-0.39, 0.29) is 22.5 Å². The van der Waals surface area contributed by atoms with Crippen LogP contribution in [0, 0.1) is 5.82 Å². The lowest BCUT2D eigenvalue weighted by molar-refractivity contribution is 0.0977. The molecule has 0 saturated carbocycles. The smallest absolute Gasteiger partial charge is 0.261 e. The van der Waals surface area contributed by atoms with E-state index < -0.39 is 5.82 Å². The Labute approximate surface area is 121 Å². The zero-order valence-electron chi connectivity index (χ0n) is 10.9. The van der Waals surface area contributed by atoms with Crippen LogP contribution in [0.25, 0.3) is 0 Å². The molecule has 2 aromatic rings. The van der Waals surface area contributed by atoms with Crippen LogP contribution in [0.15, 0.2) is 42.5 Å². The summed E-state index contributed by atoms with van der Waals surface area (Å²) in [5, 5.41) is 0.286. The topological polar surface area (TPSA) is 20.3 Å². The second-order valence-electron chi connectivity index (χ2n) is 4.98. The number of fused-ring (bicyclic) bond motifs is 1. The summed E-state index contributed by atoms with van der Waals surface area (Å²) in [5.74, 6) is -0.907. The number of amides is 1. The molecule has 0 aromatic heterocycles. The molecule has 1 atom stereocenters. The first-order valence-corrected chi connectivity index (χ1v) is 6.82. The number of anilines is 1. The van der Waals surface area contributed by atoms with E-state index in [9.17, 15) is 9.18 Å². The minimum absolute atomic E-state index is 0.0231. The molecule has 1 aliphatic heterocycles. The maximum absolute atomic E-state index is 13.9. The van der Waals surface area contributed by atoms with E-state index in [2.05, 4.69) is 0 Å². The molecule has 2 aromatic carbocycles. The average Bonchev–Trinajstić information content (AvgIpc) is 2.73. The Hall–Kier alpha value is -1.87. The molecule has 1 aliphatic rings. The van der Waals surface area contributed by atoms with Gasteiger partial charge in [0.05, 0.1) is 5.56 Å². The molecular formula is C16H13ClFNO. The lowest BCUT2D eigenvalue weighted by Crippen LogP contribution is -2.36. The highest BCUT2D eigenvalue weighted by Crippen LogP contribution is 2.33. The van der Waals surface area contributed by atoms with Crippen molar-refractivity contribution in [2.24, 2.45) is 0 Å². The quantitative estimate of drug-likeness (QED) is 0.775. The molecule has 1 amide bonds. The second-order valence-corrected chi connectivity index (χ2v) is 5.42. The van der Waals surface area contributed by atoms with E-state index in [0.29, 0.717) is 0 Å². The number of nitrogens with zero attached hydrogens (tertiary/aromatic N) is 1. The summed E-state index contributed by atoms with van der Waals surface area (Å²) in [4.78, 5) is 14.2. The van der Waals surface area contributed by atoms with Gasteiger partial charge < -0.3 is 4.90 Å². The Bertz CT molecular complexity index is 686. The molecule has 2 nitrogen and oxygen atoms in total. The zero-order chi connectivity index (χ0) is 14.3. The fourth-order valence-electron chi connectivity index (χ4n) is 2.67. The SMILES string of the molecule is C[C@H]1Cc2ccccc2N1C(=O)c1ccc(Cl)cc1F. The van der Waals surface area contributed by atoms with Crippen LogP contribution in [0.3, 0.4) is 0 Å². The third-order valence-electron chi connectivity index (χ3n) is 3.59. The summed E-state index contributed by atoms with van der Waals surface area (Å²) in [6, 6.07) is 11.9. The molecule has 3 rings (SSSR count). The van der Waals surface area contributed by atoms with Crippen molar-refractivity contribution in [1.29, 1.82) is 0 Å². The summed E-state index contributed by atoms with van der Waals surface area (Å²) >= 11 is 5.73. The normalized spacial score (nSPS) is 17.1. The Morgan fingerprint density at radius 1 is 1.30 bits per heavy atom. The lowest BCUT2D eigenvalue weighted by Gasteiger charge is -2.23. The van der Waals surface area contributed by atoms with Crippen LogP contribution in [-0.4, -0.2) is 11.9 Å². The molecular weight excluding hydrogens is 277 g/mol. The molecule has 0 unspecified atom stereocenters. The van der Waals surface area contributed by atoms with Gasteiger partial charge >= 0.3 is 0 Å². The van der Waals surface area contributed by atoms with Crippen molar-refractivity contribution in [3.05, 3.63) is 64.4 Å². The molecule has 0 aliphatic carbocycles. The van der Waals surface area contributed by atoms with E-state index in [0.717, 1.165) is 17.7 Å². The Balaban J connectivity index is 2.03. The van der Waals surface area contributed by atoms with Crippen molar-refractivity contribution in [3.63, 3.8) is 0 Å². The standard InChI is InChI=1S/C16H13ClFNO/c1-10-8-11-4-2-3-5-15(11)19(10)16(20)13-7-6-12(17)9-14(13)18/h2-7,9-10H,8H2,1H3/t10-/m0/s1. The number of carbonyl (C=O) groups excluding carboxylic acids is 1. The largest absolute Gasteiger partial charge is 0.305 e. The van der Waals surface area contributed by atoms with Crippen LogP contribution in [0.2, 0.25) is 5.02 Å². The monoisotopic (exact) mass is 289 g/mol. The van der Waals surface area contributed by atoms with E-state index in [1.54, 1.807) is 4.90 Å². The fourth-order valence-corrected chi connectivity index (χ4v) is 2.83. The van der Waals surface area contributed by atoms with Gasteiger partial charge in [0.1, 0.15) is 5.82 Å². The lowest BCUT2D eigenvalue weighted by atomic mass is 10.1. The number of halogens is 2. The van der Waals surface area contributed by atoms with Crippen molar-refractivity contribution in [1.82, 2.24) is 0 Å². The van der Waals surface area contributed by atoms with Crippen LogP contribution in [0.1, 0.15) is 22.8 Å². The molecule has 4 heteroatoms. The first-order chi connectivity index (χ1) is 9.58. The molecule has 1 heterocycles. The predicted octanol–water partition coefficient (Wildman–Crippen LogP) is 4.07. The summed E-state index contributed by atoms with van der Waals surface area (Å²) in [6.45, 7) is 1.96. The highest BCUT2D eigenvalue weighted by Gasteiger charge is 2.32. The number of carbonyl (C=O) groups is 1. The maximum atomic E-state index is 13.9. The van der Waals surface area contributed by atoms with Gasteiger partial charge in [-0.15, -0.1) is 0 Å². The van der Waals surface area contributed by atoms with Crippen LogP contribution < -0.4 is 4.90 Å². The zero-order valence-corrected chi connectivity index (χ0v) is 11.7. The fraction of sp³-hybridized carbons (Fsp3) is 0.188. The molecule has 0 spiro atoms. The van der Waals surface area contributed by atoms with Crippen molar-refractivity contribution < 1.29 is 9.18 Å². The van der Waals surface area contributed by atoms with Gasteiger partial charge in [0.25, 0.3) is 5.91 Å². The van der Waals surface area contributed by atoms with Gasteiger partial charge in [0.2, 0.25) is 0 Å². The van der Waals surface area contributed by atoms with E-state index in [4.69, 9.17) is 11.6 Å². The first kappa shape index (κ1) is 13.1. The van der Waals surface area contributed by atoms with Crippen LogP contribution >= 0.6 is 11.6 Å². The molecule has 102 valence electrons. The van der Waals surface area contributed by atoms with Gasteiger partial charge in [0, 0.05) is 16.8 Å². The van der Waals surface area contributed by atoms with E-state index >= 15 is 0 Å². The first-order valence-electron chi connectivity index (χ1n) is 6.44. The molecule has 0 radical (unpaired) electrons. The Morgan fingerprint density at radius 2 is 2.05 bits per heavy atom. The minimum Gasteiger partial charge on any atom is -0.305 e. The molecule has 0 bridgehead atoms. The molecule has 0 N–H and O–H groups in total. The molecule has 0 saturated heterocycles. The minimum atomic E-state index is -0.584. The molecule has 0 fully saturated rings. The van der Waals surface area contributed by atoms with Crippen LogP contribution in [0.5, 0.6) is 0 Å². The number of para-hydroxylation sites is 1. The van der Waals surface area contributed by atoms with E-state index in [1.807, 2.05) is 31.2 Å². The van der Waals surface area contributed by atoms with Crippen molar-refractivity contribution >= 4 is 23.2 Å². The summed E-state index contributed by atoms with van der Waals surface area (Å²) in [5.41, 5.74) is 2.03. The third kappa shape index (κ3) is 2.08. The maximum Gasteiger partial charge on any atom is 0.261 e. The highest BCUT2D eigenvalue weighted by atomic mass is 35.5. The summed E-state index contributed by atoms with van der Waals surface area (Å²) in [6.07, 6.45) is 0.789. The van der Waals surface area contributed by atoms with Gasteiger partial charge in [-0.1, -0.05) is 29.8 Å². The van der Waals surface area contributed by atoms with E-state index in [1.165, 1.54) is 18.2 Å². The molecule has 20 heavy (non-hydrogen) atoms. The second kappa shape index (κ2) is 4.91. The van der Waals surface area contributed by atoms with Crippen molar-refractivity contribution in [2.75, 3.05) is 4.90 Å². The van der Waals surface area contributed by atoms with Crippen molar-refractivity contribution in [2.45, 2.75) is 19.4 Å². The third-order valence-corrected chi connectivity index (χ3v) is 3.82. The predicted molar refractivity (Wildman–Crippen MR) is 77.8 cm³/mol. The Kier molecular flexibility index (Phi) is 3.22. The van der Waals surface area contributed by atoms with Crippen molar-refractivity contribution in [3.8, 4) is 0 Å². The number of hydrogen-bond acceptors (Lipinski definition) is 1. The number of benzene rings is 2. The van der Waals surface area contributed by atoms with Crippen LogP contribution in [0.4, 0.5) is 10.1 Å². The van der Waals surface area contributed by atoms with Gasteiger partial charge in [0.15, 0.2) is 0 Å². The number of hydrogen-bond donors (Lipinski definition) is 0. The Morgan fingerprint density at radius 3 is 2.80 bits per heavy atom. The highest BCUT2D eigenvalue weighted by molar-refractivity contribution is 6.30.